The Balaban J connectivity index is 1.48. The lowest BCUT2D eigenvalue weighted by atomic mass is 10.1. The van der Waals surface area contributed by atoms with Crippen molar-refractivity contribution in [1.29, 1.82) is 0 Å². The van der Waals surface area contributed by atoms with Gasteiger partial charge >= 0.3 is 0 Å². The first-order valence-electron chi connectivity index (χ1n) is 8.41. The SMILES string of the molecule is C=CCNC(=O)[C@@H](C)N1CCN(Cc2ccc3c(c2)OCO3)CC1. The topological polar surface area (TPSA) is 54.0 Å². The highest BCUT2D eigenvalue weighted by molar-refractivity contribution is 5.81. The molecule has 3 rings (SSSR count). The van der Waals surface area contributed by atoms with Gasteiger partial charge in [-0.15, -0.1) is 6.58 Å². The van der Waals surface area contributed by atoms with Crippen LogP contribution in [0.1, 0.15) is 12.5 Å². The van der Waals surface area contributed by atoms with Crippen LogP contribution < -0.4 is 14.8 Å². The van der Waals surface area contributed by atoms with Crippen LogP contribution in [0, 0.1) is 0 Å². The molecule has 2 aliphatic heterocycles. The minimum absolute atomic E-state index is 0.0686. The normalized spacial score (nSPS) is 19.0. The Morgan fingerprint density at radius 3 is 2.79 bits per heavy atom. The molecule has 2 heterocycles. The van der Waals surface area contributed by atoms with Crippen LogP contribution >= 0.6 is 0 Å². The Morgan fingerprint density at radius 2 is 2.04 bits per heavy atom. The lowest BCUT2D eigenvalue weighted by Gasteiger charge is -2.37. The number of ether oxygens (including phenoxy) is 2. The molecule has 0 saturated carbocycles. The monoisotopic (exact) mass is 331 g/mol. The van der Waals surface area contributed by atoms with Gasteiger partial charge in [-0.3, -0.25) is 14.6 Å². The van der Waals surface area contributed by atoms with E-state index in [1.165, 1.54) is 5.56 Å². The van der Waals surface area contributed by atoms with E-state index >= 15 is 0 Å². The number of carbonyl (C=O) groups excluding carboxylic acids is 1. The number of rotatable bonds is 6. The van der Waals surface area contributed by atoms with Crippen molar-refractivity contribution in [2.24, 2.45) is 0 Å². The molecule has 130 valence electrons. The van der Waals surface area contributed by atoms with E-state index in [-0.39, 0.29) is 11.9 Å². The summed E-state index contributed by atoms with van der Waals surface area (Å²) in [7, 11) is 0. The van der Waals surface area contributed by atoms with E-state index in [9.17, 15) is 4.79 Å². The largest absolute Gasteiger partial charge is 0.454 e. The van der Waals surface area contributed by atoms with Gasteiger partial charge in [0.1, 0.15) is 0 Å². The van der Waals surface area contributed by atoms with Gasteiger partial charge in [-0.05, 0) is 24.6 Å². The second-order valence-corrected chi connectivity index (χ2v) is 6.21. The fourth-order valence-electron chi connectivity index (χ4n) is 3.09. The Kier molecular flexibility index (Phi) is 5.37. The molecule has 6 heteroatoms. The molecule has 1 amide bonds. The van der Waals surface area contributed by atoms with Gasteiger partial charge in [0, 0.05) is 39.3 Å². The van der Waals surface area contributed by atoms with Crippen molar-refractivity contribution >= 4 is 5.91 Å². The average Bonchev–Trinajstić information content (AvgIpc) is 3.07. The molecule has 6 nitrogen and oxygen atoms in total. The molecule has 0 unspecified atom stereocenters. The Bertz CT molecular complexity index is 597. The predicted octanol–water partition coefficient (Wildman–Crippen LogP) is 1.22. The quantitative estimate of drug-likeness (QED) is 0.795. The third-order valence-corrected chi connectivity index (χ3v) is 4.60. The summed E-state index contributed by atoms with van der Waals surface area (Å²) in [5, 5.41) is 2.87. The van der Waals surface area contributed by atoms with E-state index in [4.69, 9.17) is 9.47 Å². The van der Waals surface area contributed by atoms with E-state index in [0.29, 0.717) is 13.3 Å². The van der Waals surface area contributed by atoms with Crippen LogP contribution in [0.15, 0.2) is 30.9 Å². The first kappa shape index (κ1) is 16.8. The van der Waals surface area contributed by atoms with Crippen LogP contribution in [-0.2, 0) is 11.3 Å². The van der Waals surface area contributed by atoms with Crippen LogP contribution in [0.5, 0.6) is 11.5 Å². The molecule has 0 radical (unpaired) electrons. The summed E-state index contributed by atoms with van der Waals surface area (Å²) in [6.45, 7) is 11.0. The minimum Gasteiger partial charge on any atom is -0.454 e. The van der Waals surface area contributed by atoms with Gasteiger partial charge in [-0.25, -0.2) is 0 Å². The Morgan fingerprint density at radius 1 is 1.29 bits per heavy atom. The zero-order valence-corrected chi connectivity index (χ0v) is 14.2. The van der Waals surface area contributed by atoms with Crippen molar-refractivity contribution in [2.75, 3.05) is 39.5 Å². The van der Waals surface area contributed by atoms with Crippen LogP contribution in [0.2, 0.25) is 0 Å². The summed E-state index contributed by atoms with van der Waals surface area (Å²) < 4.78 is 10.8. The van der Waals surface area contributed by atoms with Crippen molar-refractivity contribution in [3.05, 3.63) is 36.4 Å². The number of hydrogen-bond acceptors (Lipinski definition) is 5. The molecular weight excluding hydrogens is 306 g/mol. The summed E-state index contributed by atoms with van der Waals surface area (Å²) >= 11 is 0. The van der Waals surface area contributed by atoms with Crippen molar-refractivity contribution in [3.8, 4) is 11.5 Å². The summed E-state index contributed by atoms with van der Waals surface area (Å²) in [5.41, 5.74) is 1.23. The van der Waals surface area contributed by atoms with Gasteiger partial charge < -0.3 is 14.8 Å². The van der Waals surface area contributed by atoms with E-state index in [1.54, 1.807) is 6.08 Å². The molecule has 0 aliphatic carbocycles. The zero-order valence-electron chi connectivity index (χ0n) is 14.2. The molecule has 1 fully saturated rings. The summed E-state index contributed by atoms with van der Waals surface area (Å²) in [4.78, 5) is 16.7. The number of benzene rings is 1. The first-order chi connectivity index (χ1) is 11.7. The van der Waals surface area contributed by atoms with Crippen LogP contribution in [0.4, 0.5) is 0 Å². The van der Waals surface area contributed by atoms with E-state index < -0.39 is 0 Å². The molecule has 1 saturated heterocycles. The summed E-state index contributed by atoms with van der Waals surface area (Å²) in [5.74, 6) is 1.72. The molecule has 1 atom stereocenters. The fraction of sp³-hybridized carbons (Fsp3) is 0.500. The number of carbonyl (C=O) groups is 1. The molecule has 1 aromatic carbocycles. The third kappa shape index (κ3) is 3.88. The van der Waals surface area contributed by atoms with Gasteiger partial charge in [0.25, 0.3) is 0 Å². The smallest absolute Gasteiger partial charge is 0.237 e. The summed E-state index contributed by atoms with van der Waals surface area (Å²) in [6.07, 6.45) is 1.70. The lowest BCUT2D eigenvalue weighted by molar-refractivity contribution is -0.126. The zero-order chi connectivity index (χ0) is 16.9. The molecule has 1 N–H and O–H groups in total. The third-order valence-electron chi connectivity index (χ3n) is 4.60. The Labute approximate surface area is 143 Å². The van der Waals surface area contributed by atoms with E-state index in [0.717, 1.165) is 44.2 Å². The van der Waals surface area contributed by atoms with E-state index in [2.05, 4.69) is 33.8 Å². The number of fused-ring (bicyclic) bond motifs is 1. The average molecular weight is 331 g/mol. The highest BCUT2D eigenvalue weighted by atomic mass is 16.7. The minimum atomic E-state index is -0.0994. The number of piperazine rings is 1. The molecule has 0 spiro atoms. The van der Waals surface area contributed by atoms with Gasteiger partial charge in [-0.1, -0.05) is 12.1 Å². The molecule has 2 aliphatic rings. The highest BCUT2D eigenvalue weighted by Crippen LogP contribution is 2.32. The fourth-order valence-corrected chi connectivity index (χ4v) is 3.09. The number of hydrogen-bond donors (Lipinski definition) is 1. The van der Waals surface area contributed by atoms with Crippen molar-refractivity contribution < 1.29 is 14.3 Å². The maximum absolute atomic E-state index is 12.0. The number of nitrogens with one attached hydrogen (secondary N) is 1. The van der Waals surface area contributed by atoms with Gasteiger partial charge in [0.15, 0.2) is 11.5 Å². The highest BCUT2D eigenvalue weighted by Gasteiger charge is 2.25. The molecular formula is C18H25N3O3. The molecule has 0 aromatic heterocycles. The van der Waals surface area contributed by atoms with Crippen LogP contribution in [0.3, 0.4) is 0 Å². The first-order valence-corrected chi connectivity index (χ1v) is 8.41. The van der Waals surface area contributed by atoms with Gasteiger partial charge in [0.05, 0.1) is 6.04 Å². The maximum atomic E-state index is 12.0. The molecule has 1 aromatic rings. The second-order valence-electron chi connectivity index (χ2n) is 6.21. The summed E-state index contributed by atoms with van der Waals surface area (Å²) in [6, 6.07) is 6.02. The number of amides is 1. The Hall–Kier alpha value is -2.05. The maximum Gasteiger partial charge on any atom is 0.237 e. The lowest BCUT2D eigenvalue weighted by Crippen LogP contribution is -2.53. The van der Waals surface area contributed by atoms with Crippen LogP contribution in [-0.4, -0.2) is 61.3 Å². The van der Waals surface area contributed by atoms with Crippen molar-refractivity contribution in [3.63, 3.8) is 0 Å². The molecule has 24 heavy (non-hydrogen) atoms. The predicted molar refractivity (Wildman–Crippen MR) is 92.1 cm³/mol. The standard InChI is InChI=1S/C18H25N3O3/c1-3-6-19-18(22)14(2)21-9-7-20(8-10-21)12-15-4-5-16-17(11-15)24-13-23-16/h3-5,11,14H,1,6-10,12-13H2,2H3,(H,19,22)/t14-/m1/s1. The van der Waals surface area contributed by atoms with Gasteiger partial charge in [0.2, 0.25) is 12.7 Å². The van der Waals surface area contributed by atoms with Crippen molar-refractivity contribution in [1.82, 2.24) is 15.1 Å². The van der Waals surface area contributed by atoms with E-state index in [1.807, 2.05) is 13.0 Å². The second kappa shape index (κ2) is 7.68. The van der Waals surface area contributed by atoms with Crippen LogP contribution in [0.25, 0.3) is 0 Å². The number of nitrogens with zero attached hydrogens (tertiary/aromatic N) is 2. The molecule has 0 bridgehead atoms. The van der Waals surface area contributed by atoms with Crippen molar-refractivity contribution in [2.45, 2.75) is 19.5 Å². The van der Waals surface area contributed by atoms with Gasteiger partial charge in [-0.2, -0.15) is 0 Å².